The Balaban J connectivity index is 0.00000267. The van der Waals surface area contributed by atoms with Crippen LogP contribution in [0.25, 0.3) is 0 Å². The molecule has 4 rings (SSSR count). The van der Waals surface area contributed by atoms with Gasteiger partial charge in [0.05, 0.1) is 22.3 Å². The van der Waals surface area contributed by atoms with Crippen molar-refractivity contribution in [1.29, 1.82) is 0 Å². The van der Waals surface area contributed by atoms with E-state index in [0.29, 0.717) is 35.3 Å². The summed E-state index contributed by atoms with van der Waals surface area (Å²) in [4.78, 5) is 52.3. The van der Waals surface area contributed by atoms with E-state index in [-0.39, 0.29) is 57.6 Å². The highest BCUT2D eigenvalue weighted by molar-refractivity contribution is 8.93. The van der Waals surface area contributed by atoms with Gasteiger partial charge >= 0.3 is 0 Å². The minimum absolute atomic E-state index is 0. The zero-order valence-corrected chi connectivity index (χ0v) is 25.8. The van der Waals surface area contributed by atoms with Gasteiger partial charge in [0, 0.05) is 13.1 Å². The lowest BCUT2D eigenvalue weighted by atomic mass is 10.1. The minimum Gasteiger partial charge on any atom is -0.317 e. The smallest absolute Gasteiger partial charge is 0.261 e. The molecular weight excluding hydrogens is 628 g/mol. The molecule has 2 N–H and O–H groups in total. The van der Waals surface area contributed by atoms with E-state index in [9.17, 15) is 19.2 Å². The number of carbonyl (C=O) groups is 4. The van der Waals surface area contributed by atoms with Gasteiger partial charge in [-0.2, -0.15) is 0 Å². The molecule has 0 aromatic heterocycles. The van der Waals surface area contributed by atoms with Crippen molar-refractivity contribution in [3.8, 4) is 0 Å². The molecule has 0 saturated carbocycles. The normalized spacial score (nSPS) is 13.9. The zero-order valence-electron chi connectivity index (χ0n) is 22.4. The predicted octanol–water partition coefficient (Wildman–Crippen LogP) is 4.56. The molecule has 0 aliphatic carbocycles. The second kappa shape index (κ2) is 16.0. The minimum atomic E-state index is -0.187. The van der Waals surface area contributed by atoms with Crippen molar-refractivity contribution in [3.05, 3.63) is 70.3 Å². The number of nitrogens with one attached hydrogen (secondary N) is 2. The molecule has 2 aromatic carbocycles. The number of benzene rings is 2. The molecule has 2 aliphatic rings. The fraction of sp³-hybridized carbons (Fsp3) is 0.448. The largest absolute Gasteiger partial charge is 0.317 e. The summed E-state index contributed by atoms with van der Waals surface area (Å²) in [5.74, 6) is -0.737. The maximum absolute atomic E-state index is 12.5. The molecule has 212 valence electrons. The lowest BCUT2D eigenvalue weighted by Crippen LogP contribution is -2.32. The second-order valence-electron chi connectivity index (χ2n) is 9.74. The Morgan fingerprint density at radius 3 is 1.44 bits per heavy atom. The average Bonchev–Trinajstić information content (AvgIpc) is 3.28. The molecule has 2 aliphatic heterocycles. The Hall–Kier alpha value is -2.40. The van der Waals surface area contributed by atoms with Gasteiger partial charge in [0.25, 0.3) is 23.6 Å². The van der Waals surface area contributed by atoms with Gasteiger partial charge in [-0.1, -0.05) is 36.6 Å². The van der Waals surface area contributed by atoms with Crippen LogP contribution in [0.4, 0.5) is 0 Å². The summed E-state index contributed by atoms with van der Waals surface area (Å²) in [7, 11) is 0. The Morgan fingerprint density at radius 1 is 0.538 bits per heavy atom. The van der Waals surface area contributed by atoms with E-state index in [4.69, 9.17) is 0 Å². The van der Waals surface area contributed by atoms with E-state index < -0.39 is 0 Å². The number of amides is 4. The lowest BCUT2D eigenvalue weighted by molar-refractivity contribution is 0.0637. The highest BCUT2D eigenvalue weighted by Crippen LogP contribution is 2.24. The molecule has 0 radical (unpaired) electrons. The quantitative estimate of drug-likeness (QED) is 0.214. The van der Waals surface area contributed by atoms with E-state index in [1.54, 1.807) is 36.4 Å². The molecule has 0 unspecified atom stereocenters. The molecule has 4 amide bonds. The number of carbonyl (C=O) groups excluding carboxylic acids is 4. The van der Waals surface area contributed by atoms with E-state index in [1.165, 1.54) is 9.80 Å². The van der Waals surface area contributed by atoms with Crippen LogP contribution >= 0.6 is 34.0 Å². The van der Waals surface area contributed by atoms with Crippen molar-refractivity contribution in [2.24, 2.45) is 0 Å². The van der Waals surface area contributed by atoms with Crippen molar-refractivity contribution in [3.63, 3.8) is 0 Å². The summed E-state index contributed by atoms with van der Waals surface area (Å²) < 4.78 is 0. The van der Waals surface area contributed by atoms with Crippen molar-refractivity contribution in [2.45, 2.75) is 45.4 Å². The van der Waals surface area contributed by atoms with Gasteiger partial charge in [-0.05, 0) is 83.1 Å². The Labute approximate surface area is 251 Å². The first-order valence-electron chi connectivity index (χ1n) is 13.3. The van der Waals surface area contributed by atoms with Gasteiger partial charge in [0.1, 0.15) is 0 Å². The van der Waals surface area contributed by atoms with Crippen LogP contribution in [0.15, 0.2) is 42.5 Å². The number of rotatable bonds is 15. The zero-order chi connectivity index (χ0) is 26.2. The van der Waals surface area contributed by atoms with Crippen LogP contribution < -0.4 is 10.6 Å². The van der Waals surface area contributed by atoms with Gasteiger partial charge in [-0.15, -0.1) is 34.0 Å². The van der Waals surface area contributed by atoms with Crippen LogP contribution in [0.3, 0.4) is 0 Å². The third kappa shape index (κ3) is 8.06. The number of fused-ring (bicyclic) bond motifs is 2. The Morgan fingerprint density at radius 2 is 0.949 bits per heavy atom. The van der Waals surface area contributed by atoms with Crippen molar-refractivity contribution in [2.75, 3.05) is 39.3 Å². The Kier molecular flexibility index (Phi) is 13.5. The number of aryl methyl sites for hydroxylation is 1. The number of nitrogens with zero attached hydrogens (tertiary/aromatic N) is 2. The fourth-order valence-electron chi connectivity index (χ4n) is 4.88. The first-order chi connectivity index (χ1) is 18.0. The van der Waals surface area contributed by atoms with Crippen LogP contribution in [0.5, 0.6) is 0 Å². The molecule has 2 heterocycles. The third-order valence-corrected chi connectivity index (χ3v) is 6.93. The van der Waals surface area contributed by atoms with Crippen LogP contribution in [-0.2, 0) is 0 Å². The number of imide groups is 2. The van der Waals surface area contributed by atoms with E-state index in [0.717, 1.165) is 70.3 Å². The van der Waals surface area contributed by atoms with Gasteiger partial charge < -0.3 is 10.6 Å². The molecule has 10 heteroatoms. The Bertz CT molecular complexity index is 1140. The topological polar surface area (TPSA) is 98.8 Å². The molecule has 0 bridgehead atoms. The maximum Gasteiger partial charge on any atom is 0.261 e. The third-order valence-electron chi connectivity index (χ3n) is 6.93. The molecule has 0 spiro atoms. The number of hydrogen-bond acceptors (Lipinski definition) is 6. The highest BCUT2D eigenvalue weighted by atomic mass is 79.9. The second-order valence-corrected chi connectivity index (χ2v) is 9.74. The van der Waals surface area contributed by atoms with Crippen LogP contribution in [0, 0.1) is 6.92 Å². The molecule has 0 fully saturated rings. The SMILES string of the molecule is Br.Br.Cc1ccc2c(c1)C(=O)N(CCCNCCCCCCNCCCN1C(=O)c3ccccc3C1=O)C2=O. The highest BCUT2D eigenvalue weighted by Gasteiger charge is 2.35. The number of halogens is 2. The monoisotopic (exact) mass is 664 g/mol. The maximum atomic E-state index is 12.5. The molecule has 0 saturated heterocycles. The van der Waals surface area contributed by atoms with Crippen molar-refractivity contribution < 1.29 is 19.2 Å². The lowest BCUT2D eigenvalue weighted by Gasteiger charge is -2.14. The molecule has 0 atom stereocenters. The molecular formula is C29H38Br2N4O4. The summed E-state index contributed by atoms with van der Waals surface area (Å²) in [6, 6.07) is 12.4. The first-order valence-corrected chi connectivity index (χ1v) is 13.3. The first kappa shape index (κ1) is 32.8. The van der Waals surface area contributed by atoms with Gasteiger partial charge in [-0.25, -0.2) is 0 Å². The summed E-state index contributed by atoms with van der Waals surface area (Å²) in [5, 5.41) is 6.80. The molecule has 2 aromatic rings. The van der Waals surface area contributed by atoms with Gasteiger partial charge in [-0.3, -0.25) is 29.0 Å². The predicted molar refractivity (Wildman–Crippen MR) is 162 cm³/mol. The summed E-state index contributed by atoms with van der Waals surface area (Å²) in [5.41, 5.74) is 3.04. The van der Waals surface area contributed by atoms with Gasteiger partial charge in [0.15, 0.2) is 0 Å². The average molecular weight is 666 g/mol. The fourth-order valence-corrected chi connectivity index (χ4v) is 4.88. The molecule has 39 heavy (non-hydrogen) atoms. The number of unbranched alkanes of at least 4 members (excludes halogenated alkanes) is 3. The van der Waals surface area contributed by atoms with Crippen LogP contribution in [0.2, 0.25) is 0 Å². The van der Waals surface area contributed by atoms with E-state index in [1.807, 2.05) is 13.0 Å². The summed E-state index contributed by atoms with van der Waals surface area (Å²) in [6.45, 7) is 6.22. The number of hydrogen-bond donors (Lipinski definition) is 2. The van der Waals surface area contributed by atoms with E-state index in [2.05, 4.69) is 10.6 Å². The summed E-state index contributed by atoms with van der Waals surface area (Å²) >= 11 is 0. The van der Waals surface area contributed by atoms with Gasteiger partial charge in [0.2, 0.25) is 0 Å². The standard InChI is InChI=1S/C29H36N4O4.2BrH/c1-21-12-13-24-25(20-21)29(37)33(28(24)36)19-9-17-31-15-7-3-2-6-14-30-16-8-18-32-26(34)22-10-4-5-11-23(22)27(32)35;;/h4-5,10-13,20,30-31H,2-3,6-9,14-19H2,1H3;2*1H. The van der Waals surface area contributed by atoms with Crippen molar-refractivity contribution in [1.82, 2.24) is 20.4 Å². The van der Waals surface area contributed by atoms with Crippen LogP contribution in [0.1, 0.15) is 85.5 Å². The van der Waals surface area contributed by atoms with E-state index >= 15 is 0 Å². The van der Waals surface area contributed by atoms with Crippen LogP contribution in [-0.4, -0.2) is 72.7 Å². The van der Waals surface area contributed by atoms with Crippen molar-refractivity contribution >= 4 is 57.6 Å². The molecule has 8 nitrogen and oxygen atoms in total. The summed E-state index contributed by atoms with van der Waals surface area (Å²) in [6.07, 6.45) is 5.95.